The first-order valence-corrected chi connectivity index (χ1v) is 8.38. The maximum absolute atomic E-state index is 10.7. The van der Waals surface area contributed by atoms with Gasteiger partial charge in [0.25, 0.3) is 0 Å². The minimum absolute atomic E-state index is 0.360. The van der Waals surface area contributed by atoms with Gasteiger partial charge in [0.15, 0.2) is 0 Å². The lowest BCUT2D eigenvalue weighted by molar-refractivity contribution is 0.101. The van der Waals surface area contributed by atoms with Crippen LogP contribution in [0, 0.1) is 0 Å². The highest BCUT2D eigenvalue weighted by molar-refractivity contribution is 5.47. The minimum Gasteiger partial charge on any atom is -0.496 e. The molecule has 3 rings (SSSR count). The number of fused-ring (bicyclic) bond motifs is 1. The first-order valence-electron chi connectivity index (χ1n) is 8.38. The average Bonchev–Trinajstić information content (AvgIpc) is 2.54. The zero-order valence-corrected chi connectivity index (χ0v) is 13.1. The summed E-state index contributed by atoms with van der Waals surface area (Å²) < 4.78 is 5.51. The summed E-state index contributed by atoms with van der Waals surface area (Å²) in [6.07, 6.45) is 8.15. The van der Waals surface area contributed by atoms with Gasteiger partial charge in [-0.15, -0.1) is 0 Å². The first kappa shape index (κ1) is 14.9. The van der Waals surface area contributed by atoms with Crippen molar-refractivity contribution >= 4 is 0 Å². The average molecular weight is 289 g/mol. The van der Waals surface area contributed by atoms with Gasteiger partial charge in [0.1, 0.15) is 5.75 Å². The lowest BCUT2D eigenvalue weighted by Crippen LogP contribution is -2.33. The fraction of sp³-hybridized carbons (Fsp3) is 0.667. The van der Waals surface area contributed by atoms with Crippen LogP contribution in [0.5, 0.6) is 5.75 Å². The summed E-state index contributed by atoms with van der Waals surface area (Å²) in [6, 6.07) is 4.12. The summed E-state index contributed by atoms with van der Waals surface area (Å²) in [4.78, 5) is 2.41. The molecule has 1 aromatic rings. The van der Waals surface area contributed by atoms with E-state index in [4.69, 9.17) is 4.74 Å². The molecule has 116 valence electrons. The van der Waals surface area contributed by atoms with Gasteiger partial charge in [-0.2, -0.15) is 0 Å². The molecule has 3 nitrogen and oxygen atoms in total. The number of aliphatic hydroxyl groups is 1. The second-order valence-corrected chi connectivity index (χ2v) is 6.40. The topological polar surface area (TPSA) is 32.7 Å². The van der Waals surface area contributed by atoms with Gasteiger partial charge in [-0.25, -0.2) is 0 Å². The van der Waals surface area contributed by atoms with Crippen LogP contribution in [0.25, 0.3) is 0 Å². The molecule has 1 saturated heterocycles. The molecule has 1 aromatic carbocycles. The highest BCUT2D eigenvalue weighted by Crippen LogP contribution is 2.35. The molecular weight excluding hydrogens is 262 g/mol. The zero-order valence-electron chi connectivity index (χ0n) is 13.1. The molecule has 1 aliphatic carbocycles. The number of β-amino-alcohol motifs (C(OH)–C–C–N with tert-alkyl or cyclic N) is 1. The van der Waals surface area contributed by atoms with Gasteiger partial charge in [0.05, 0.1) is 13.2 Å². The largest absolute Gasteiger partial charge is 0.496 e. The van der Waals surface area contributed by atoms with Crippen molar-refractivity contribution in [3.8, 4) is 5.75 Å². The summed E-state index contributed by atoms with van der Waals surface area (Å²) in [7, 11) is 1.74. The molecule has 1 aliphatic heterocycles. The highest BCUT2D eigenvalue weighted by Gasteiger charge is 2.23. The molecule has 1 fully saturated rings. The molecule has 1 heterocycles. The predicted molar refractivity (Wildman–Crippen MR) is 84.9 cm³/mol. The minimum atomic E-state index is -0.360. The van der Waals surface area contributed by atoms with Crippen molar-refractivity contribution in [1.82, 2.24) is 4.90 Å². The Bertz CT molecular complexity index is 480. The summed E-state index contributed by atoms with van der Waals surface area (Å²) >= 11 is 0. The van der Waals surface area contributed by atoms with Crippen molar-refractivity contribution < 1.29 is 9.84 Å². The number of hydrogen-bond donors (Lipinski definition) is 1. The van der Waals surface area contributed by atoms with E-state index in [2.05, 4.69) is 11.0 Å². The number of aliphatic hydroxyl groups excluding tert-OH is 1. The first-order chi connectivity index (χ1) is 10.3. The third-order valence-corrected chi connectivity index (χ3v) is 4.99. The third kappa shape index (κ3) is 3.24. The van der Waals surface area contributed by atoms with E-state index < -0.39 is 0 Å². The van der Waals surface area contributed by atoms with Crippen LogP contribution in [0.3, 0.4) is 0 Å². The Kier molecular flexibility index (Phi) is 4.81. The second-order valence-electron chi connectivity index (χ2n) is 6.40. The Balaban J connectivity index is 1.80. The SMILES string of the molecule is COc1ccc([C@@H](O)CN2CCCCC2)c2c1CCCC2. The van der Waals surface area contributed by atoms with Crippen molar-refractivity contribution in [3.05, 3.63) is 28.8 Å². The van der Waals surface area contributed by atoms with Crippen LogP contribution in [0.15, 0.2) is 12.1 Å². The van der Waals surface area contributed by atoms with Gasteiger partial charge in [-0.3, -0.25) is 0 Å². The van der Waals surface area contributed by atoms with E-state index in [-0.39, 0.29) is 6.10 Å². The molecule has 0 saturated carbocycles. The van der Waals surface area contributed by atoms with E-state index in [1.54, 1.807) is 7.11 Å². The maximum atomic E-state index is 10.7. The third-order valence-electron chi connectivity index (χ3n) is 4.99. The Labute approximate surface area is 127 Å². The van der Waals surface area contributed by atoms with Crippen molar-refractivity contribution in [2.75, 3.05) is 26.7 Å². The molecule has 0 unspecified atom stereocenters. The Morgan fingerprint density at radius 3 is 2.48 bits per heavy atom. The molecule has 0 spiro atoms. The number of hydrogen-bond acceptors (Lipinski definition) is 3. The molecule has 2 aliphatic rings. The number of piperidine rings is 1. The summed E-state index contributed by atoms with van der Waals surface area (Å²) in [5.41, 5.74) is 3.82. The van der Waals surface area contributed by atoms with E-state index >= 15 is 0 Å². The lowest BCUT2D eigenvalue weighted by Gasteiger charge is -2.30. The van der Waals surface area contributed by atoms with Crippen LogP contribution in [-0.2, 0) is 12.8 Å². The standard InChI is InChI=1S/C18H27NO2/c1-21-18-10-9-15(14-7-3-4-8-16(14)18)17(20)13-19-11-5-2-6-12-19/h9-10,17,20H,2-8,11-13H2,1H3/t17-/m0/s1. The normalized spacial score (nSPS) is 20.9. The van der Waals surface area contributed by atoms with E-state index in [0.717, 1.165) is 43.8 Å². The van der Waals surface area contributed by atoms with Gasteiger partial charge in [0.2, 0.25) is 0 Å². The predicted octanol–water partition coefficient (Wildman–Crippen LogP) is 3.09. The molecule has 1 N–H and O–H groups in total. The molecule has 3 heteroatoms. The van der Waals surface area contributed by atoms with Crippen molar-refractivity contribution in [3.63, 3.8) is 0 Å². The zero-order chi connectivity index (χ0) is 14.7. The quantitative estimate of drug-likeness (QED) is 0.924. The Morgan fingerprint density at radius 2 is 1.76 bits per heavy atom. The Hall–Kier alpha value is -1.06. The number of benzene rings is 1. The fourth-order valence-corrected chi connectivity index (χ4v) is 3.85. The van der Waals surface area contributed by atoms with E-state index in [1.807, 2.05) is 6.07 Å². The summed E-state index contributed by atoms with van der Waals surface area (Å²) in [5, 5.41) is 10.7. The van der Waals surface area contributed by atoms with Crippen molar-refractivity contribution in [1.29, 1.82) is 0 Å². The van der Waals surface area contributed by atoms with Gasteiger partial charge in [-0.1, -0.05) is 12.5 Å². The molecule has 21 heavy (non-hydrogen) atoms. The van der Waals surface area contributed by atoms with Crippen LogP contribution in [-0.4, -0.2) is 36.8 Å². The number of ether oxygens (including phenoxy) is 1. The van der Waals surface area contributed by atoms with Crippen LogP contribution in [0.4, 0.5) is 0 Å². The highest BCUT2D eigenvalue weighted by atomic mass is 16.5. The van der Waals surface area contributed by atoms with Gasteiger partial charge < -0.3 is 14.7 Å². The number of likely N-dealkylation sites (tertiary alicyclic amines) is 1. The molecule has 0 bridgehead atoms. The van der Waals surface area contributed by atoms with Gasteiger partial charge >= 0.3 is 0 Å². The maximum Gasteiger partial charge on any atom is 0.122 e. The van der Waals surface area contributed by atoms with E-state index in [0.29, 0.717) is 0 Å². The summed E-state index contributed by atoms with van der Waals surface area (Å²) in [6.45, 7) is 3.05. The summed E-state index contributed by atoms with van der Waals surface area (Å²) in [5.74, 6) is 0.999. The van der Waals surface area contributed by atoms with Crippen molar-refractivity contribution in [2.24, 2.45) is 0 Å². The molecular formula is C18H27NO2. The van der Waals surface area contributed by atoms with Crippen LogP contribution in [0.2, 0.25) is 0 Å². The molecule has 0 amide bonds. The number of rotatable bonds is 4. The number of methoxy groups -OCH3 is 1. The second kappa shape index (κ2) is 6.80. The Morgan fingerprint density at radius 1 is 1.05 bits per heavy atom. The van der Waals surface area contributed by atoms with Crippen LogP contribution in [0.1, 0.15) is 54.9 Å². The molecule has 0 radical (unpaired) electrons. The van der Waals surface area contributed by atoms with Gasteiger partial charge in [-0.05, 0) is 74.4 Å². The molecule has 0 aromatic heterocycles. The van der Waals surface area contributed by atoms with E-state index in [1.165, 1.54) is 43.2 Å². The van der Waals surface area contributed by atoms with E-state index in [9.17, 15) is 5.11 Å². The van der Waals surface area contributed by atoms with Crippen LogP contribution < -0.4 is 4.74 Å². The van der Waals surface area contributed by atoms with Gasteiger partial charge in [0, 0.05) is 6.54 Å². The smallest absolute Gasteiger partial charge is 0.122 e. The number of nitrogens with zero attached hydrogens (tertiary/aromatic N) is 1. The molecule has 1 atom stereocenters. The fourth-order valence-electron chi connectivity index (χ4n) is 3.85. The monoisotopic (exact) mass is 289 g/mol. The van der Waals surface area contributed by atoms with Crippen LogP contribution >= 0.6 is 0 Å². The van der Waals surface area contributed by atoms with Crippen molar-refractivity contribution in [2.45, 2.75) is 51.0 Å². The lowest BCUT2D eigenvalue weighted by atomic mass is 9.85.